The van der Waals surface area contributed by atoms with Gasteiger partial charge in [-0.2, -0.15) is 5.10 Å². The molecule has 2 amide bonds. The highest BCUT2D eigenvalue weighted by molar-refractivity contribution is 5.93. The molecule has 8 heteroatoms. The van der Waals surface area contributed by atoms with Gasteiger partial charge >= 0.3 is 0 Å². The molecule has 1 heterocycles. The molecule has 0 fully saturated rings. The van der Waals surface area contributed by atoms with E-state index in [1.165, 1.54) is 44.2 Å². The molecule has 0 bridgehead atoms. The van der Waals surface area contributed by atoms with Crippen molar-refractivity contribution in [2.24, 2.45) is 0 Å². The largest absolute Gasteiger partial charge is 0.324 e. The molecule has 29 heavy (non-hydrogen) atoms. The van der Waals surface area contributed by atoms with E-state index in [1.807, 2.05) is 18.2 Å². The van der Waals surface area contributed by atoms with Gasteiger partial charge in [-0.25, -0.2) is 9.07 Å². The van der Waals surface area contributed by atoms with E-state index < -0.39 is 29.2 Å². The molecule has 0 aliphatic carbocycles. The zero-order valence-corrected chi connectivity index (χ0v) is 15.8. The molecule has 0 unspecified atom stereocenters. The molecule has 2 aromatic carbocycles. The lowest BCUT2D eigenvalue weighted by Gasteiger charge is -2.17. The summed E-state index contributed by atoms with van der Waals surface area (Å²) in [6, 6.07) is 14.8. The van der Waals surface area contributed by atoms with Gasteiger partial charge in [0, 0.05) is 18.2 Å². The summed E-state index contributed by atoms with van der Waals surface area (Å²) in [4.78, 5) is 36.9. The molecule has 0 saturated heterocycles. The molecule has 148 valence electrons. The second kappa shape index (κ2) is 8.47. The van der Waals surface area contributed by atoms with Crippen molar-refractivity contribution in [2.75, 3.05) is 10.6 Å². The Morgan fingerprint density at radius 3 is 2.31 bits per heavy atom. The fraction of sp³-hybridized carbons (Fsp3) is 0.143. The molecule has 2 N–H and O–H groups in total. The number of amides is 2. The van der Waals surface area contributed by atoms with Crippen LogP contribution in [-0.2, 0) is 9.59 Å². The van der Waals surface area contributed by atoms with Crippen molar-refractivity contribution >= 4 is 23.2 Å². The third-order valence-electron chi connectivity index (χ3n) is 4.17. The number of anilines is 2. The minimum Gasteiger partial charge on any atom is -0.324 e. The van der Waals surface area contributed by atoms with Crippen molar-refractivity contribution in [1.29, 1.82) is 0 Å². The minimum absolute atomic E-state index is 0.0211. The van der Waals surface area contributed by atoms with E-state index in [1.54, 1.807) is 12.1 Å². The lowest BCUT2D eigenvalue weighted by molar-refractivity contribution is -0.119. The van der Waals surface area contributed by atoms with Crippen LogP contribution in [0.3, 0.4) is 0 Å². The average Bonchev–Trinajstić information content (AvgIpc) is 2.71. The molecule has 0 aliphatic rings. The number of hydrogen-bond acceptors (Lipinski definition) is 4. The first-order valence-electron chi connectivity index (χ1n) is 8.88. The molecule has 0 saturated carbocycles. The Labute approximate surface area is 166 Å². The smallest absolute Gasteiger partial charge is 0.291 e. The van der Waals surface area contributed by atoms with Crippen molar-refractivity contribution in [3.8, 4) is 11.3 Å². The summed E-state index contributed by atoms with van der Waals surface area (Å²) < 4.78 is 14.1. The highest BCUT2D eigenvalue weighted by atomic mass is 19.1. The first-order chi connectivity index (χ1) is 13.8. The van der Waals surface area contributed by atoms with Gasteiger partial charge in [-0.15, -0.1) is 0 Å². The van der Waals surface area contributed by atoms with Crippen LogP contribution in [-0.4, -0.2) is 21.6 Å². The first kappa shape index (κ1) is 19.9. The molecule has 1 aromatic heterocycles. The summed E-state index contributed by atoms with van der Waals surface area (Å²) in [6.07, 6.45) is 0. The molecular formula is C21H19FN4O3. The van der Waals surface area contributed by atoms with E-state index in [2.05, 4.69) is 15.7 Å². The van der Waals surface area contributed by atoms with E-state index in [4.69, 9.17) is 0 Å². The molecule has 3 rings (SSSR count). The van der Waals surface area contributed by atoms with Crippen LogP contribution in [0.4, 0.5) is 15.8 Å². The van der Waals surface area contributed by atoms with Crippen molar-refractivity contribution in [3.63, 3.8) is 0 Å². The number of carbonyl (C=O) groups excluding carboxylic acids is 2. The molecule has 0 spiro atoms. The number of hydrogen-bond donors (Lipinski definition) is 2. The van der Waals surface area contributed by atoms with E-state index in [0.29, 0.717) is 11.4 Å². The standard InChI is InChI=1S/C21H19FN4O3/c1-13(20(28)24-17-10-8-16(22)9-11-17)26-21(29)19(23-14(2)27)12-18(25-26)15-6-4-3-5-7-15/h3-13H,1-2H3,(H,23,27)(H,24,28)/t13-/m1/s1. The maximum atomic E-state index is 13.1. The Kier molecular flexibility index (Phi) is 5.82. The predicted octanol–water partition coefficient (Wildman–Crippen LogP) is 3.21. The van der Waals surface area contributed by atoms with E-state index in [0.717, 1.165) is 10.2 Å². The number of nitrogens with zero attached hydrogens (tertiary/aromatic N) is 2. The fourth-order valence-electron chi connectivity index (χ4n) is 2.69. The fourth-order valence-corrected chi connectivity index (χ4v) is 2.69. The maximum absolute atomic E-state index is 13.1. The highest BCUT2D eigenvalue weighted by Crippen LogP contribution is 2.19. The van der Waals surface area contributed by atoms with Crippen LogP contribution < -0.4 is 16.2 Å². The number of nitrogens with one attached hydrogen (secondary N) is 2. The molecule has 3 aromatic rings. The van der Waals surface area contributed by atoms with Gasteiger partial charge < -0.3 is 10.6 Å². The molecular weight excluding hydrogens is 375 g/mol. The Balaban J connectivity index is 1.99. The SMILES string of the molecule is CC(=O)Nc1cc(-c2ccccc2)nn([C@H](C)C(=O)Nc2ccc(F)cc2)c1=O. The topological polar surface area (TPSA) is 93.1 Å². The highest BCUT2D eigenvalue weighted by Gasteiger charge is 2.21. The Morgan fingerprint density at radius 2 is 1.69 bits per heavy atom. The van der Waals surface area contributed by atoms with E-state index in [9.17, 15) is 18.8 Å². The van der Waals surface area contributed by atoms with Crippen molar-refractivity contribution in [1.82, 2.24) is 9.78 Å². The normalized spacial score (nSPS) is 11.6. The Bertz CT molecular complexity index is 1100. The summed E-state index contributed by atoms with van der Waals surface area (Å²) in [5, 5.41) is 9.43. The zero-order valence-electron chi connectivity index (χ0n) is 15.8. The third kappa shape index (κ3) is 4.73. The molecule has 0 aliphatic heterocycles. The van der Waals surface area contributed by atoms with Crippen LogP contribution >= 0.6 is 0 Å². The van der Waals surface area contributed by atoms with Gasteiger partial charge in [-0.3, -0.25) is 14.4 Å². The van der Waals surface area contributed by atoms with Gasteiger partial charge in [0.1, 0.15) is 17.5 Å². The van der Waals surface area contributed by atoms with Gasteiger partial charge in [0.05, 0.1) is 5.69 Å². The number of rotatable bonds is 5. The summed E-state index contributed by atoms with van der Waals surface area (Å²) in [5.41, 5.74) is 0.946. The van der Waals surface area contributed by atoms with Crippen LogP contribution in [0.1, 0.15) is 19.9 Å². The molecule has 0 radical (unpaired) electrons. The second-order valence-electron chi connectivity index (χ2n) is 6.41. The van der Waals surface area contributed by atoms with E-state index >= 15 is 0 Å². The number of halogens is 1. The predicted molar refractivity (Wildman–Crippen MR) is 108 cm³/mol. The van der Waals surface area contributed by atoms with Crippen LogP contribution in [0.5, 0.6) is 0 Å². The second-order valence-corrected chi connectivity index (χ2v) is 6.41. The minimum atomic E-state index is -0.983. The van der Waals surface area contributed by atoms with Crippen molar-refractivity contribution in [3.05, 3.63) is 76.8 Å². The van der Waals surface area contributed by atoms with Gasteiger partial charge in [0.15, 0.2) is 0 Å². The molecule has 7 nitrogen and oxygen atoms in total. The summed E-state index contributed by atoms with van der Waals surface area (Å²) in [6.45, 7) is 2.80. The monoisotopic (exact) mass is 394 g/mol. The van der Waals surface area contributed by atoms with Gasteiger partial charge in [-0.05, 0) is 37.3 Å². The van der Waals surface area contributed by atoms with Crippen molar-refractivity contribution < 1.29 is 14.0 Å². The van der Waals surface area contributed by atoms with E-state index in [-0.39, 0.29) is 5.69 Å². The van der Waals surface area contributed by atoms with Gasteiger partial charge in [0.2, 0.25) is 11.8 Å². The Hall–Kier alpha value is -3.81. The summed E-state index contributed by atoms with van der Waals surface area (Å²) in [5.74, 6) is -1.35. The zero-order chi connectivity index (χ0) is 21.0. The third-order valence-corrected chi connectivity index (χ3v) is 4.17. The lowest BCUT2D eigenvalue weighted by atomic mass is 10.1. The molecule has 1 atom stereocenters. The summed E-state index contributed by atoms with van der Waals surface area (Å²) in [7, 11) is 0. The van der Waals surface area contributed by atoms with Crippen molar-refractivity contribution in [2.45, 2.75) is 19.9 Å². The number of aromatic nitrogens is 2. The van der Waals surface area contributed by atoms with Gasteiger partial charge in [0.25, 0.3) is 5.56 Å². The average molecular weight is 394 g/mol. The first-order valence-corrected chi connectivity index (χ1v) is 8.88. The quantitative estimate of drug-likeness (QED) is 0.695. The van der Waals surface area contributed by atoms with Crippen LogP contribution in [0.15, 0.2) is 65.5 Å². The van der Waals surface area contributed by atoms with Crippen LogP contribution in [0.25, 0.3) is 11.3 Å². The number of carbonyl (C=O) groups is 2. The lowest BCUT2D eigenvalue weighted by Crippen LogP contribution is -2.35. The maximum Gasteiger partial charge on any atom is 0.291 e. The Morgan fingerprint density at radius 1 is 1.03 bits per heavy atom. The summed E-state index contributed by atoms with van der Waals surface area (Å²) >= 11 is 0. The number of benzene rings is 2. The van der Waals surface area contributed by atoms with Gasteiger partial charge in [-0.1, -0.05) is 30.3 Å². The van der Waals surface area contributed by atoms with Crippen LogP contribution in [0, 0.1) is 5.82 Å². The van der Waals surface area contributed by atoms with Crippen LogP contribution in [0.2, 0.25) is 0 Å².